The highest BCUT2D eigenvalue weighted by Crippen LogP contribution is 2.35. The second-order valence-electron chi connectivity index (χ2n) is 5.88. The van der Waals surface area contributed by atoms with Gasteiger partial charge in [-0.1, -0.05) is 12.1 Å². The van der Waals surface area contributed by atoms with Crippen LogP contribution in [0.1, 0.15) is 37.7 Å². The molecule has 3 heteroatoms. The van der Waals surface area contributed by atoms with Crippen molar-refractivity contribution >= 4 is 0 Å². The molecular weight excluding hydrogens is 250 g/mol. The van der Waals surface area contributed by atoms with Gasteiger partial charge in [0.2, 0.25) is 0 Å². The van der Waals surface area contributed by atoms with Gasteiger partial charge in [0.25, 0.3) is 0 Å². The molecule has 1 fully saturated rings. The zero-order valence-corrected chi connectivity index (χ0v) is 13.0. The van der Waals surface area contributed by atoms with Crippen LogP contribution in [0.2, 0.25) is 0 Å². The summed E-state index contributed by atoms with van der Waals surface area (Å²) in [6.45, 7) is 1.10. The van der Waals surface area contributed by atoms with Gasteiger partial charge in [0.05, 0.1) is 13.2 Å². The van der Waals surface area contributed by atoms with Gasteiger partial charge in [0, 0.05) is 0 Å². The molecule has 2 rings (SSSR count). The normalized spacial score (nSPS) is 15.8. The van der Waals surface area contributed by atoms with Gasteiger partial charge in [-0.2, -0.15) is 0 Å². The molecule has 0 radical (unpaired) electrons. The fourth-order valence-electron chi connectivity index (χ4n) is 2.81. The number of ether oxygens (including phenoxy) is 2. The standard InChI is InChI=1S/C17H27NO2/c1-18(2)13-7-9-14-8-6-12-16(19-3)17(14)20-15-10-4-5-11-15/h6,8,12,15H,4-5,7,9-11,13H2,1-3H3. The number of aryl methyl sites for hydroxylation is 1. The molecule has 112 valence electrons. The number of methoxy groups -OCH3 is 1. The maximum absolute atomic E-state index is 6.25. The van der Waals surface area contributed by atoms with Crippen LogP contribution in [-0.4, -0.2) is 38.8 Å². The van der Waals surface area contributed by atoms with Crippen LogP contribution in [0.5, 0.6) is 11.5 Å². The van der Waals surface area contributed by atoms with Gasteiger partial charge < -0.3 is 14.4 Å². The molecule has 1 aromatic rings. The van der Waals surface area contributed by atoms with Crippen molar-refractivity contribution in [3.8, 4) is 11.5 Å². The van der Waals surface area contributed by atoms with Crippen molar-refractivity contribution in [2.45, 2.75) is 44.6 Å². The van der Waals surface area contributed by atoms with E-state index in [1.165, 1.54) is 31.2 Å². The first-order valence-corrected chi connectivity index (χ1v) is 7.68. The van der Waals surface area contributed by atoms with Gasteiger partial charge in [0.15, 0.2) is 11.5 Å². The van der Waals surface area contributed by atoms with E-state index >= 15 is 0 Å². The summed E-state index contributed by atoms with van der Waals surface area (Å²) in [7, 11) is 5.95. The lowest BCUT2D eigenvalue weighted by Gasteiger charge is -2.19. The lowest BCUT2D eigenvalue weighted by atomic mass is 10.1. The first kappa shape index (κ1) is 15.2. The van der Waals surface area contributed by atoms with Crippen molar-refractivity contribution in [3.05, 3.63) is 23.8 Å². The highest BCUT2D eigenvalue weighted by atomic mass is 16.5. The summed E-state index contributed by atoms with van der Waals surface area (Å²) >= 11 is 0. The third kappa shape index (κ3) is 4.14. The Balaban J connectivity index is 2.08. The molecule has 0 unspecified atom stereocenters. The van der Waals surface area contributed by atoms with Crippen LogP contribution in [0.4, 0.5) is 0 Å². The van der Waals surface area contributed by atoms with Crippen LogP contribution in [0.15, 0.2) is 18.2 Å². The van der Waals surface area contributed by atoms with E-state index in [9.17, 15) is 0 Å². The van der Waals surface area contributed by atoms with Crippen molar-refractivity contribution in [1.29, 1.82) is 0 Å². The van der Waals surface area contributed by atoms with E-state index in [1.807, 2.05) is 6.07 Å². The zero-order chi connectivity index (χ0) is 14.4. The molecule has 3 nitrogen and oxygen atoms in total. The second kappa shape index (κ2) is 7.53. The molecular formula is C17H27NO2. The number of hydrogen-bond donors (Lipinski definition) is 0. The van der Waals surface area contributed by atoms with E-state index < -0.39 is 0 Å². The summed E-state index contributed by atoms with van der Waals surface area (Å²) in [6.07, 6.45) is 7.48. The van der Waals surface area contributed by atoms with Crippen LogP contribution >= 0.6 is 0 Å². The van der Waals surface area contributed by atoms with Crippen molar-refractivity contribution in [1.82, 2.24) is 4.90 Å². The molecule has 0 atom stereocenters. The third-order valence-electron chi connectivity index (χ3n) is 3.92. The van der Waals surface area contributed by atoms with E-state index in [-0.39, 0.29) is 0 Å². The molecule has 1 saturated carbocycles. The van der Waals surface area contributed by atoms with Gasteiger partial charge in [-0.15, -0.1) is 0 Å². The summed E-state index contributed by atoms with van der Waals surface area (Å²) in [4.78, 5) is 2.22. The molecule has 0 heterocycles. The molecule has 0 bridgehead atoms. The number of para-hydroxylation sites is 1. The third-order valence-corrected chi connectivity index (χ3v) is 3.92. The van der Waals surface area contributed by atoms with Gasteiger partial charge in [-0.05, 0) is 70.8 Å². The minimum atomic E-state index is 0.374. The molecule has 1 aliphatic carbocycles. The number of nitrogens with zero attached hydrogens (tertiary/aromatic N) is 1. The summed E-state index contributed by atoms with van der Waals surface area (Å²) in [5.41, 5.74) is 1.28. The zero-order valence-electron chi connectivity index (χ0n) is 13.0. The Morgan fingerprint density at radius 3 is 2.60 bits per heavy atom. The average molecular weight is 277 g/mol. The van der Waals surface area contributed by atoms with Crippen LogP contribution in [0, 0.1) is 0 Å². The Labute approximate surface area is 122 Å². The second-order valence-corrected chi connectivity index (χ2v) is 5.88. The minimum absolute atomic E-state index is 0.374. The molecule has 0 aliphatic heterocycles. The SMILES string of the molecule is COc1cccc(CCCN(C)C)c1OC1CCCC1. The lowest BCUT2D eigenvalue weighted by molar-refractivity contribution is 0.198. The summed E-state index contributed by atoms with van der Waals surface area (Å²) < 4.78 is 11.7. The molecule has 1 aliphatic rings. The summed E-state index contributed by atoms with van der Waals surface area (Å²) in [6, 6.07) is 6.23. The van der Waals surface area contributed by atoms with Crippen LogP contribution in [0.3, 0.4) is 0 Å². The maximum Gasteiger partial charge on any atom is 0.164 e. The Kier molecular flexibility index (Phi) is 5.72. The maximum atomic E-state index is 6.25. The van der Waals surface area contributed by atoms with Gasteiger partial charge in [0.1, 0.15) is 0 Å². The predicted molar refractivity (Wildman–Crippen MR) is 82.8 cm³/mol. The molecule has 0 N–H and O–H groups in total. The molecule has 0 aromatic heterocycles. The lowest BCUT2D eigenvalue weighted by Crippen LogP contribution is -2.15. The van der Waals surface area contributed by atoms with Gasteiger partial charge in [-0.3, -0.25) is 0 Å². The first-order valence-electron chi connectivity index (χ1n) is 7.68. The van der Waals surface area contributed by atoms with Gasteiger partial charge >= 0.3 is 0 Å². The monoisotopic (exact) mass is 277 g/mol. The molecule has 0 amide bonds. The van der Waals surface area contributed by atoms with E-state index in [2.05, 4.69) is 31.1 Å². The Hall–Kier alpha value is -1.22. The van der Waals surface area contributed by atoms with Crippen LogP contribution in [-0.2, 0) is 6.42 Å². The number of rotatable bonds is 7. The number of hydrogen-bond acceptors (Lipinski definition) is 3. The number of benzene rings is 1. The fourth-order valence-corrected chi connectivity index (χ4v) is 2.81. The highest BCUT2D eigenvalue weighted by Gasteiger charge is 2.20. The van der Waals surface area contributed by atoms with Crippen molar-refractivity contribution in [2.75, 3.05) is 27.7 Å². The molecule has 0 saturated heterocycles. The Bertz CT molecular complexity index is 411. The molecule has 0 spiro atoms. The van der Waals surface area contributed by atoms with Crippen molar-refractivity contribution in [3.63, 3.8) is 0 Å². The van der Waals surface area contributed by atoms with E-state index in [4.69, 9.17) is 9.47 Å². The topological polar surface area (TPSA) is 21.7 Å². The van der Waals surface area contributed by atoms with Gasteiger partial charge in [-0.25, -0.2) is 0 Å². The Morgan fingerprint density at radius 1 is 1.20 bits per heavy atom. The van der Waals surface area contributed by atoms with Crippen LogP contribution < -0.4 is 9.47 Å². The van der Waals surface area contributed by atoms with Crippen molar-refractivity contribution in [2.24, 2.45) is 0 Å². The summed E-state index contributed by atoms with van der Waals surface area (Å²) in [5, 5.41) is 0. The van der Waals surface area contributed by atoms with Crippen molar-refractivity contribution < 1.29 is 9.47 Å². The molecule has 20 heavy (non-hydrogen) atoms. The first-order chi connectivity index (χ1) is 9.70. The molecule has 1 aromatic carbocycles. The quantitative estimate of drug-likeness (QED) is 0.761. The van der Waals surface area contributed by atoms with E-state index in [1.54, 1.807) is 7.11 Å². The Morgan fingerprint density at radius 2 is 1.95 bits per heavy atom. The summed E-state index contributed by atoms with van der Waals surface area (Å²) in [5.74, 6) is 1.85. The predicted octanol–water partition coefficient (Wildman–Crippen LogP) is 3.51. The van der Waals surface area contributed by atoms with Crippen LogP contribution in [0.25, 0.3) is 0 Å². The smallest absolute Gasteiger partial charge is 0.164 e. The largest absolute Gasteiger partial charge is 0.493 e. The average Bonchev–Trinajstić information content (AvgIpc) is 2.93. The minimum Gasteiger partial charge on any atom is -0.493 e. The fraction of sp³-hybridized carbons (Fsp3) is 0.647. The van der Waals surface area contributed by atoms with E-state index in [0.29, 0.717) is 6.10 Å². The van der Waals surface area contributed by atoms with E-state index in [0.717, 1.165) is 30.9 Å². The highest BCUT2D eigenvalue weighted by molar-refractivity contribution is 5.46.